The van der Waals surface area contributed by atoms with Crippen molar-refractivity contribution < 1.29 is 19.3 Å². The van der Waals surface area contributed by atoms with E-state index < -0.39 is 5.79 Å². The maximum absolute atomic E-state index is 10.6. The Morgan fingerprint density at radius 1 is 0.436 bits per heavy atom. The van der Waals surface area contributed by atoms with E-state index in [2.05, 4.69) is 20.8 Å². The van der Waals surface area contributed by atoms with Gasteiger partial charge < -0.3 is 9.47 Å². The molecule has 1 N–H and O–H groups in total. The number of quaternary nitrogens is 1. The molecule has 0 aromatic heterocycles. The summed E-state index contributed by atoms with van der Waals surface area (Å²) in [5.41, 5.74) is 0. The van der Waals surface area contributed by atoms with Gasteiger partial charge in [0.05, 0.1) is 27.3 Å². The second-order valence-corrected chi connectivity index (χ2v) is 12.9. The molecule has 4 heteroatoms. The van der Waals surface area contributed by atoms with Crippen molar-refractivity contribution in [3.63, 3.8) is 0 Å². The van der Waals surface area contributed by atoms with E-state index in [1.165, 1.54) is 141 Å². The predicted octanol–water partition coefficient (Wildman–Crippen LogP) is 11.4. The zero-order valence-electron chi connectivity index (χ0n) is 27.7. The lowest BCUT2D eigenvalue weighted by molar-refractivity contribution is -1.08. The fourth-order valence-electron chi connectivity index (χ4n) is 5.73. The third-order valence-electron chi connectivity index (χ3n) is 7.98. The van der Waals surface area contributed by atoms with E-state index >= 15 is 0 Å². The average molecular weight is 557 g/mol. The van der Waals surface area contributed by atoms with Crippen LogP contribution in [0.3, 0.4) is 0 Å². The van der Waals surface area contributed by atoms with Gasteiger partial charge in [0.1, 0.15) is 0 Å². The highest BCUT2D eigenvalue weighted by molar-refractivity contribution is 4.70. The van der Waals surface area contributed by atoms with E-state index in [0.717, 1.165) is 38.9 Å². The molecular formula is C35H74NO3+. The first-order chi connectivity index (χ1) is 18.9. The summed E-state index contributed by atoms with van der Waals surface area (Å²) in [4.78, 5) is 0. The average Bonchev–Trinajstić information content (AvgIpc) is 2.89. The van der Waals surface area contributed by atoms with Gasteiger partial charge in [0.2, 0.25) is 5.79 Å². The Labute approximate surface area is 246 Å². The third-order valence-corrected chi connectivity index (χ3v) is 7.98. The Bertz CT molecular complexity index is 447. The smallest absolute Gasteiger partial charge is 0.221 e. The molecule has 0 unspecified atom stereocenters. The molecule has 0 saturated heterocycles. The van der Waals surface area contributed by atoms with E-state index in [9.17, 15) is 5.21 Å². The normalized spacial score (nSPS) is 12.5. The van der Waals surface area contributed by atoms with Gasteiger partial charge in [0, 0.05) is 6.42 Å². The van der Waals surface area contributed by atoms with Crippen molar-refractivity contribution in [2.24, 2.45) is 0 Å². The Hall–Kier alpha value is -0.160. The number of ether oxygens (including phenoxy) is 2. The van der Waals surface area contributed by atoms with Crippen LogP contribution in [0.15, 0.2) is 0 Å². The van der Waals surface area contributed by atoms with E-state index in [0.29, 0.717) is 6.54 Å². The molecule has 0 aliphatic carbocycles. The van der Waals surface area contributed by atoms with Crippen molar-refractivity contribution in [3.8, 4) is 0 Å². The molecule has 0 spiro atoms. The fourth-order valence-corrected chi connectivity index (χ4v) is 5.73. The maximum atomic E-state index is 10.6. The third kappa shape index (κ3) is 27.8. The number of likely N-dealkylation sites (N-methyl/N-ethyl adjacent to an activating group) is 1. The molecular weight excluding hydrogens is 482 g/mol. The van der Waals surface area contributed by atoms with Crippen LogP contribution in [0.4, 0.5) is 0 Å². The zero-order valence-corrected chi connectivity index (χ0v) is 27.7. The van der Waals surface area contributed by atoms with Crippen LogP contribution in [0.2, 0.25) is 0 Å². The molecule has 0 fully saturated rings. The molecule has 4 nitrogen and oxygen atoms in total. The minimum atomic E-state index is -0.664. The number of nitrogens with zero attached hydrogens (tertiary/aromatic N) is 1. The zero-order chi connectivity index (χ0) is 28.9. The molecule has 236 valence electrons. The lowest BCUT2D eigenvalue weighted by Gasteiger charge is -2.37. The van der Waals surface area contributed by atoms with Crippen LogP contribution in [0.5, 0.6) is 0 Å². The number of hydrogen-bond acceptors (Lipinski definition) is 3. The second kappa shape index (κ2) is 28.0. The van der Waals surface area contributed by atoms with Crippen LogP contribution in [-0.4, -0.2) is 49.5 Å². The van der Waals surface area contributed by atoms with Crippen molar-refractivity contribution in [2.45, 2.75) is 193 Å². The monoisotopic (exact) mass is 557 g/mol. The van der Waals surface area contributed by atoms with Gasteiger partial charge in [-0.2, -0.15) is 4.65 Å². The molecule has 0 amide bonds. The molecule has 0 bridgehead atoms. The highest BCUT2D eigenvalue weighted by Gasteiger charge is 2.38. The van der Waals surface area contributed by atoms with E-state index in [1.807, 2.05) is 14.1 Å². The molecule has 0 rings (SSSR count). The summed E-state index contributed by atoms with van der Waals surface area (Å²) in [5.74, 6) is -0.664. The highest BCUT2D eigenvalue weighted by Crippen LogP contribution is 2.25. The van der Waals surface area contributed by atoms with Gasteiger partial charge in [0.25, 0.3) is 0 Å². The maximum Gasteiger partial charge on any atom is 0.221 e. The minimum Gasteiger partial charge on any atom is -0.345 e. The van der Waals surface area contributed by atoms with Crippen molar-refractivity contribution in [1.29, 1.82) is 0 Å². The lowest BCUT2D eigenvalue weighted by Crippen LogP contribution is -2.53. The molecule has 39 heavy (non-hydrogen) atoms. The van der Waals surface area contributed by atoms with Crippen LogP contribution in [0.25, 0.3) is 0 Å². The molecule has 0 atom stereocenters. The fraction of sp³-hybridized carbons (Fsp3) is 1.00. The van der Waals surface area contributed by atoms with Crippen LogP contribution in [0.1, 0.15) is 188 Å². The van der Waals surface area contributed by atoms with Gasteiger partial charge in [-0.15, -0.1) is 0 Å². The lowest BCUT2D eigenvalue weighted by atomic mass is 10.1. The summed E-state index contributed by atoms with van der Waals surface area (Å²) in [6.45, 7) is 8.71. The Balaban J connectivity index is 4.07. The molecule has 0 aliphatic heterocycles. The molecule has 0 aliphatic rings. The van der Waals surface area contributed by atoms with E-state index in [-0.39, 0.29) is 4.65 Å². The molecule has 0 radical (unpaired) electrons. The van der Waals surface area contributed by atoms with Crippen molar-refractivity contribution >= 4 is 0 Å². The Morgan fingerprint density at radius 3 is 0.974 bits per heavy atom. The Kier molecular flexibility index (Phi) is 27.9. The number of rotatable bonds is 32. The first kappa shape index (κ1) is 38.8. The summed E-state index contributed by atoms with van der Waals surface area (Å²) in [6.07, 6.45) is 34.2. The number of unbranched alkanes of at least 4 members (excludes halogenated alkanes) is 22. The Morgan fingerprint density at radius 2 is 0.718 bits per heavy atom. The van der Waals surface area contributed by atoms with Crippen LogP contribution >= 0.6 is 0 Å². The summed E-state index contributed by atoms with van der Waals surface area (Å²) >= 11 is 0. The number of hydroxylamine groups is 3. The van der Waals surface area contributed by atoms with E-state index in [4.69, 9.17) is 9.47 Å². The topological polar surface area (TPSA) is 38.7 Å². The largest absolute Gasteiger partial charge is 0.345 e. The SMILES string of the molecule is CCCCCCCCCCCCCCOC(CCC)(C[N+](C)(C)O)OCCCCCCCCCCCCCC. The van der Waals surface area contributed by atoms with Gasteiger partial charge in [-0.05, 0) is 12.8 Å². The summed E-state index contributed by atoms with van der Waals surface area (Å²) < 4.78 is 12.8. The molecule has 0 heterocycles. The van der Waals surface area contributed by atoms with Crippen LogP contribution in [0, 0.1) is 0 Å². The molecule has 0 aromatic carbocycles. The van der Waals surface area contributed by atoms with Gasteiger partial charge in [-0.3, -0.25) is 0 Å². The van der Waals surface area contributed by atoms with Crippen molar-refractivity contribution in [1.82, 2.24) is 0 Å². The van der Waals surface area contributed by atoms with Gasteiger partial charge in [-0.1, -0.05) is 168 Å². The van der Waals surface area contributed by atoms with Crippen molar-refractivity contribution in [2.75, 3.05) is 33.9 Å². The molecule has 0 saturated carbocycles. The summed E-state index contributed by atoms with van der Waals surface area (Å²) in [7, 11) is 3.65. The van der Waals surface area contributed by atoms with Gasteiger partial charge in [-0.25, -0.2) is 5.21 Å². The van der Waals surface area contributed by atoms with Crippen LogP contribution < -0.4 is 0 Å². The second-order valence-electron chi connectivity index (χ2n) is 12.9. The quantitative estimate of drug-likeness (QED) is 0.0387. The van der Waals surface area contributed by atoms with Gasteiger partial charge >= 0.3 is 0 Å². The molecule has 0 aromatic rings. The van der Waals surface area contributed by atoms with E-state index in [1.54, 1.807) is 0 Å². The first-order valence-corrected chi connectivity index (χ1v) is 17.7. The predicted molar refractivity (Wildman–Crippen MR) is 170 cm³/mol. The highest BCUT2D eigenvalue weighted by atomic mass is 16.7. The summed E-state index contributed by atoms with van der Waals surface area (Å²) in [5, 5.41) is 10.6. The van der Waals surface area contributed by atoms with Crippen molar-refractivity contribution in [3.05, 3.63) is 0 Å². The standard InChI is InChI=1S/C35H74NO3/c1-6-9-11-13-15-17-19-21-23-25-27-29-32-38-35(31-8-3,34-36(4,5)37)39-33-30-28-26-24-22-20-18-16-14-12-10-7-2/h37H,6-34H2,1-5H3/q+1. The van der Waals surface area contributed by atoms with Gasteiger partial charge in [0.15, 0.2) is 6.54 Å². The minimum absolute atomic E-state index is 0.114. The first-order valence-electron chi connectivity index (χ1n) is 17.7. The number of hydrogen-bond donors (Lipinski definition) is 1. The summed E-state index contributed by atoms with van der Waals surface area (Å²) in [6, 6.07) is 0. The van der Waals surface area contributed by atoms with Crippen LogP contribution in [-0.2, 0) is 9.47 Å².